The summed E-state index contributed by atoms with van der Waals surface area (Å²) in [6.45, 7) is 0. The van der Waals surface area contributed by atoms with Gasteiger partial charge in [0, 0.05) is 13.1 Å². The number of hydrogen-bond acceptors (Lipinski definition) is 3. The SMILES string of the molecule is COc1ccc2c(c1)nc(C1(N)CCCCC1)n2C. The third-order valence-corrected chi connectivity index (χ3v) is 4.28. The first kappa shape index (κ1) is 12.5. The number of imidazole rings is 1. The number of fused-ring (bicyclic) bond motifs is 1. The Morgan fingerprint density at radius 1 is 1.26 bits per heavy atom. The Balaban J connectivity index is 2.11. The van der Waals surface area contributed by atoms with Crippen molar-refractivity contribution < 1.29 is 4.74 Å². The number of ether oxygens (including phenoxy) is 1. The van der Waals surface area contributed by atoms with Gasteiger partial charge in [-0.15, -0.1) is 0 Å². The Kier molecular flexibility index (Phi) is 2.97. The third-order valence-electron chi connectivity index (χ3n) is 4.28. The highest BCUT2D eigenvalue weighted by Gasteiger charge is 2.33. The van der Waals surface area contributed by atoms with Crippen molar-refractivity contribution in [3.8, 4) is 5.75 Å². The van der Waals surface area contributed by atoms with Crippen LogP contribution in [0.25, 0.3) is 11.0 Å². The molecule has 2 aromatic rings. The van der Waals surface area contributed by atoms with E-state index in [1.807, 2.05) is 12.1 Å². The lowest BCUT2D eigenvalue weighted by atomic mass is 9.82. The Hall–Kier alpha value is -1.55. The maximum Gasteiger partial charge on any atom is 0.129 e. The highest BCUT2D eigenvalue weighted by Crippen LogP contribution is 2.35. The second-order valence-corrected chi connectivity index (χ2v) is 5.57. The van der Waals surface area contributed by atoms with Crippen LogP contribution in [0.5, 0.6) is 5.75 Å². The van der Waals surface area contributed by atoms with E-state index in [2.05, 4.69) is 17.7 Å². The van der Waals surface area contributed by atoms with E-state index in [9.17, 15) is 0 Å². The van der Waals surface area contributed by atoms with Crippen LogP contribution in [0.15, 0.2) is 18.2 Å². The van der Waals surface area contributed by atoms with Crippen LogP contribution in [0.3, 0.4) is 0 Å². The van der Waals surface area contributed by atoms with Gasteiger partial charge in [-0.3, -0.25) is 0 Å². The molecule has 1 aliphatic carbocycles. The van der Waals surface area contributed by atoms with Gasteiger partial charge in [0.2, 0.25) is 0 Å². The van der Waals surface area contributed by atoms with Crippen molar-refractivity contribution in [1.82, 2.24) is 9.55 Å². The summed E-state index contributed by atoms with van der Waals surface area (Å²) in [5.41, 5.74) is 8.42. The fraction of sp³-hybridized carbons (Fsp3) is 0.533. The number of benzene rings is 1. The average Bonchev–Trinajstić information content (AvgIpc) is 2.77. The predicted octanol–water partition coefficient (Wildman–Crippen LogP) is 2.70. The number of rotatable bonds is 2. The molecule has 0 amide bonds. The van der Waals surface area contributed by atoms with E-state index in [0.29, 0.717) is 0 Å². The van der Waals surface area contributed by atoms with Gasteiger partial charge in [-0.2, -0.15) is 0 Å². The topological polar surface area (TPSA) is 53.1 Å². The van der Waals surface area contributed by atoms with Crippen LogP contribution in [0, 0.1) is 0 Å². The number of nitrogens with zero attached hydrogens (tertiary/aromatic N) is 2. The van der Waals surface area contributed by atoms with E-state index in [0.717, 1.165) is 35.4 Å². The lowest BCUT2D eigenvalue weighted by Crippen LogP contribution is -2.41. The predicted molar refractivity (Wildman–Crippen MR) is 76.2 cm³/mol. The molecule has 1 saturated carbocycles. The fourth-order valence-electron chi connectivity index (χ4n) is 3.16. The van der Waals surface area contributed by atoms with Gasteiger partial charge >= 0.3 is 0 Å². The fourth-order valence-corrected chi connectivity index (χ4v) is 3.16. The maximum atomic E-state index is 6.60. The van der Waals surface area contributed by atoms with E-state index in [-0.39, 0.29) is 5.54 Å². The van der Waals surface area contributed by atoms with Gasteiger partial charge in [0.1, 0.15) is 11.6 Å². The summed E-state index contributed by atoms with van der Waals surface area (Å²) in [6, 6.07) is 6.00. The van der Waals surface area contributed by atoms with Crippen molar-refractivity contribution in [3.05, 3.63) is 24.0 Å². The van der Waals surface area contributed by atoms with E-state index >= 15 is 0 Å². The largest absolute Gasteiger partial charge is 0.497 e. The van der Waals surface area contributed by atoms with Crippen molar-refractivity contribution in [1.29, 1.82) is 0 Å². The summed E-state index contributed by atoms with van der Waals surface area (Å²) < 4.78 is 7.40. The van der Waals surface area contributed by atoms with Crippen molar-refractivity contribution >= 4 is 11.0 Å². The quantitative estimate of drug-likeness (QED) is 0.902. The zero-order valence-electron chi connectivity index (χ0n) is 11.6. The van der Waals surface area contributed by atoms with Gasteiger partial charge in [-0.05, 0) is 25.0 Å². The summed E-state index contributed by atoms with van der Waals surface area (Å²) in [6.07, 6.45) is 5.74. The molecule has 102 valence electrons. The Morgan fingerprint density at radius 3 is 2.68 bits per heavy atom. The van der Waals surface area contributed by atoms with Crippen molar-refractivity contribution in [3.63, 3.8) is 0 Å². The maximum absolute atomic E-state index is 6.60. The van der Waals surface area contributed by atoms with E-state index in [1.165, 1.54) is 19.3 Å². The highest BCUT2D eigenvalue weighted by molar-refractivity contribution is 5.78. The molecule has 1 aromatic heterocycles. The van der Waals surface area contributed by atoms with Crippen LogP contribution in [0.4, 0.5) is 0 Å². The van der Waals surface area contributed by atoms with E-state index in [4.69, 9.17) is 15.5 Å². The molecule has 0 atom stereocenters. The van der Waals surface area contributed by atoms with Crippen LogP contribution < -0.4 is 10.5 Å². The Bertz CT molecular complexity index is 597. The molecule has 3 rings (SSSR count). The van der Waals surface area contributed by atoms with Gasteiger partial charge in [0.15, 0.2) is 0 Å². The summed E-state index contributed by atoms with van der Waals surface area (Å²) >= 11 is 0. The third kappa shape index (κ3) is 2.00. The van der Waals surface area contributed by atoms with E-state index in [1.54, 1.807) is 7.11 Å². The minimum absolute atomic E-state index is 0.265. The highest BCUT2D eigenvalue weighted by atomic mass is 16.5. The molecule has 0 bridgehead atoms. The molecule has 19 heavy (non-hydrogen) atoms. The Morgan fingerprint density at radius 2 is 2.00 bits per heavy atom. The molecular formula is C15H21N3O. The first-order chi connectivity index (χ1) is 9.14. The average molecular weight is 259 g/mol. The standard InChI is InChI=1S/C15H21N3O/c1-18-13-7-6-11(19-2)10-12(13)17-14(18)15(16)8-4-3-5-9-15/h6-7,10H,3-5,8-9,16H2,1-2H3. The van der Waals surface area contributed by atoms with Crippen molar-refractivity contribution in [2.24, 2.45) is 12.8 Å². The van der Waals surface area contributed by atoms with Crippen LogP contribution >= 0.6 is 0 Å². The lowest BCUT2D eigenvalue weighted by Gasteiger charge is -2.32. The summed E-state index contributed by atoms with van der Waals surface area (Å²) in [4.78, 5) is 4.77. The number of methoxy groups -OCH3 is 1. The molecule has 0 unspecified atom stereocenters. The zero-order chi connectivity index (χ0) is 13.5. The molecule has 0 radical (unpaired) electrons. The van der Waals surface area contributed by atoms with Crippen LogP contribution in [-0.4, -0.2) is 16.7 Å². The summed E-state index contributed by atoms with van der Waals surface area (Å²) in [7, 11) is 3.73. The minimum atomic E-state index is -0.265. The first-order valence-corrected chi connectivity index (χ1v) is 6.94. The van der Waals surface area contributed by atoms with Gasteiger partial charge in [0.05, 0.1) is 23.7 Å². The molecule has 1 heterocycles. The first-order valence-electron chi connectivity index (χ1n) is 6.94. The van der Waals surface area contributed by atoms with Crippen molar-refractivity contribution in [2.75, 3.05) is 7.11 Å². The molecule has 4 heteroatoms. The van der Waals surface area contributed by atoms with Gasteiger partial charge in [0.25, 0.3) is 0 Å². The van der Waals surface area contributed by atoms with Gasteiger partial charge < -0.3 is 15.0 Å². The molecule has 1 aromatic carbocycles. The smallest absolute Gasteiger partial charge is 0.129 e. The van der Waals surface area contributed by atoms with Crippen LogP contribution in [0.1, 0.15) is 37.9 Å². The normalized spacial score (nSPS) is 18.7. The molecular weight excluding hydrogens is 238 g/mol. The summed E-state index contributed by atoms with van der Waals surface area (Å²) in [5.74, 6) is 1.85. The molecule has 1 fully saturated rings. The lowest BCUT2D eigenvalue weighted by molar-refractivity contribution is 0.282. The number of nitrogens with two attached hydrogens (primary N) is 1. The molecule has 4 nitrogen and oxygen atoms in total. The van der Waals surface area contributed by atoms with Crippen molar-refractivity contribution in [2.45, 2.75) is 37.6 Å². The number of hydrogen-bond donors (Lipinski definition) is 1. The molecule has 1 aliphatic rings. The Labute approximate surface area is 113 Å². The van der Waals surface area contributed by atoms with Crippen LogP contribution in [-0.2, 0) is 12.6 Å². The zero-order valence-corrected chi connectivity index (χ0v) is 11.6. The van der Waals surface area contributed by atoms with Gasteiger partial charge in [-0.25, -0.2) is 4.98 Å². The van der Waals surface area contributed by atoms with E-state index < -0.39 is 0 Å². The second kappa shape index (κ2) is 4.53. The monoisotopic (exact) mass is 259 g/mol. The molecule has 0 saturated heterocycles. The molecule has 0 spiro atoms. The van der Waals surface area contributed by atoms with Crippen LogP contribution in [0.2, 0.25) is 0 Å². The molecule has 2 N–H and O–H groups in total. The van der Waals surface area contributed by atoms with Gasteiger partial charge in [-0.1, -0.05) is 19.3 Å². The number of aromatic nitrogens is 2. The second-order valence-electron chi connectivity index (χ2n) is 5.57. The number of aryl methyl sites for hydroxylation is 1. The summed E-state index contributed by atoms with van der Waals surface area (Å²) in [5, 5.41) is 0. The minimum Gasteiger partial charge on any atom is -0.497 e. The molecule has 0 aliphatic heterocycles.